The van der Waals surface area contributed by atoms with Gasteiger partial charge >= 0.3 is 0 Å². The molecule has 3 aromatic heterocycles. The zero-order valence-electron chi connectivity index (χ0n) is 17.1. The molecule has 1 aromatic carbocycles. The number of carbonyl (C=O) groups excluding carboxylic acids is 1. The van der Waals surface area contributed by atoms with Crippen LogP contribution in [0, 0.1) is 6.92 Å². The van der Waals surface area contributed by atoms with Crippen molar-refractivity contribution < 1.29 is 23.5 Å². The molecule has 3 heterocycles. The van der Waals surface area contributed by atoms with E-state index in [0.717, 1.165) is 4.88 Å². The SMILES string of the molecule is COc1cc(C(=O)Nc2nc(C)c(-c3nc(-c4cccs4)no3)s2)cc(OC)c1OC. The number of anilines is 1. The van der Waals surface area contributed by atoms with Gasteiger partial charge in [0, 0.05) is 5.56 Å². The average molecular weight is 459 g/mol. The number of rotatable bonds is 7. The van der Waals surface area contributed by atoms with Gasteiger partial charge in [-0.2, -0.15) is 4.98 Å². The van der Waals surface area contributed by atoms with E-state index in [1.54, 1.807) is 12.1 Å². The van der Waals surface area contributed by atoms with Crippen molar-refractivity contribution in [3.05, 3.63) is 40.9 Å². The lowest BCUT2D eigenvalue weighted by Gasteiger charge is -2.13. The number of nitrogens with one attached hydrogen (secondary N) is 1. The molecule has 0 aliphatic heterocycles. The van der Waals surface area contributed by atoms with Crippen molar-refractivity contribution >= 4 is 33.7 Å². The summed E-state index contributed by atoms with van der Waals surface area (Å²) >= 11 is 2.78. The van der Waals surface area contributed by atoms with Crippen molar-refractivity contribution in [2.45, 2.75) is 6.92 Å². The number of ether oxygens (including phenoxy) is 3. The number of carbonyl (C=O) groups is 1. The fourth-order valence-corrected chi connectivity index (χ4v) is 4.38. The third kappa shape index (κ3) is 4.09. The normalized spacial score (nSPS) is 10.7. The molecule has 0 fully saturated rings. The van der Waals surface area contributed by atoms with E-state index in [9.17, 15) is 4.79 Å². The summed E-state index contributed by atoms with van der Waals surface area (Å²) in [4.78, 5) is 23.3. The van der Waals surface area contributed by atoms with Crippen LogP contribution in [0.1, 0.15) is 16.1 Å². The van der Waals surface area contributed by atoms with Crippen LogP contribution in [0.15, 0.2) is 34.2 Å². The zero-order valence-corrected chi connectivity index (χ0v) is 18.7. The van der Waals surface area contributed by atoms with E-state index in [4.69, 9.17) is 18.7 Å². The summed E-state index contributed by atoms with van der Waals surface area (Å²) < 4.78 is 21.3. The van der Waals surface area contributed by atoms with Crippen molar-refractivity contribution in [1.82, 2.24) is 15.1 Å². The van der Waals surface area contributed by atoms with Gasteiger partial charge in [0.25, 0.3) is 11.8 Å². The third-order valence-corrected chi connectivity index (χ3v) is 6.23. The number of aryl methyl sites for hydroxylation is 1. The van der Waals surface area contributed by atoms with Crippen LogP contribution in [-0.2, 0) is 0 Å². The lowest BCUT2D eigenvalue weighted by Crippen LogP contribution is -2.12. The molecule has 31 heavy (non-hydrogen) atoms. The van der Waals surface area contributed by atoms with Crippen molar-refractivity contribution in [3.63, 3.8) is 0 Å². The third-order valence-electron chi connectivity index (χ3n) is 4.31. The van der Waals surface area contributed by atoms with Gasteiger partial charge in [0.2, 0.25) is 11.6 Å². The van der Waals surface area contributed by atoms with E-state index in [0.29, 0.717) is 50.2 Å². The number of amides is 1. The van der Waals surface area contributed by atoms with E-state index in [-0.39, 0.29) is 5.91 Å². The molecule has 9 nitrogen and oxygen atoms in total. The Morgan fingerprint density at radius 3 is 2.45 bits per heavy atom. The number of aromatic nitrogens is 3. The van der Waals surface area contributed by atoms with Crippen LogP contribution in [0.4, 0.5) is 5.13 Å². The molecule has 4 rings (SSSR count). The first-order chi connectivity index (χ1) is 15.0. The van der Waals surface area contributed by atoms with Crippen LogP contribution < -0.4 is 19.5 Å². The maximum Gasteiger partial charge on any atom is 0.270 e. The summed E-state index contributed by atoms with van der Waals surface area (Å²) in [6.07, 6.45) is 0. The molecular formula is C20H18N4O5S2. The first kappa shape index (κ1) is 20.8. The number of thiophene rings is 1. The molecule has 0 unspecified atom stereocenters. The standard InChI is InChI=1S/C20H18N4O5S2/c1-10-16(19-22-17(24-29-19)14-6-5-7-30-14)31-20(21-10)23-18(25)11-8-12(26-2)15(28-4)13(9-11)27-3/h5-9H,1-4H3,(H,21,23,25). The average Bonchev–Trinajstić information content (AvgIpc) is 3.53. The van der Waals surface area contributed by atoms with E-state index >= 15 is 0 Å². The Bertz CT molecular complexity index is 1190. The van der Waals surface area contributed by atoms with Crippen LogP contribution in [-0.4, -0.2) is 42.4 Å². The Balaban J connectivity index is 1.58. The Kier molecular flexibility index (Phi) is 5.87. The zero-order chi connectivity index (χ0) is 22.0. The van der Waals surface area contributed by atoms with E-state index in [2.05, 4.69) is 20.4 Å². The molecule has 1 N–H and O–H groups in total. The molecule has 0 atom stereocenters. The van der Waals surface area contributed by atoms with Gasteiger partial charge < -0.3 is 18.7 Å². The van der Waals surface area contributed by atoms with Gasteiger partial charge in [0.05, 0.1) is 31.9 Å². The number of hydrogen-bond donors (Lipinski definition) is 1. The first-order valence-corrected chi connectivity index (χ1v) is 10.7. The van der Waals surface area contributed by atoms with Gasteiger partial charge in [0.15, 0.2) is 16.6 Å². The molecule has 0 aliphatic carbocycles. The minimum absolute atomic E-state index is 0.335. The highest BCUT2D eigenvalue weighted by Crippen LogP contribution is 2.39. The van der Waals surface area contributed by atoms with Crippen LogP contribution in [0.25, 0.3) is 21.5 Å². The minimum Gasteiger partial charge on any atom is -0.493 e. The summed E-state index contributed by atoms with van der Waals surface area (Å²) in [5.74, 6) is 1.67. The molecule has 0 saturated carbocycles. The van der Waals surface area contributed by atoms with Crippen LogP contribution in [0.3, 0.4) is 0 Å². The maximum atomic E-state index is 12.8. The van der Waals surface area contributed by atoms with Crippen molar-refractivity contribution in [3.8, 4) is 38.7 Å². The predicted octanol–water partition coefficient (Wildman–Crippen LogP) is 4.51. The molecule has 4 aromatic rings. The number of thiazole rings is 1. The predicted molar refractivity (Wildman–Crippen MR) is 118 cm³/mol. The lowest BCUT2D eigenvalue weighted by atomic mass is 10.1. The number of nitrogens with zero attached hydrogens (tertiary/aromatic N) is 3. The van der Waals surface area contributed by atoms with Gasteiger partial charge in [-0.25, -0.2) is 4.98 Å². The smallest absolute Gasteiger partial charge is 0.270 e. The largest absolute Gasteiger partial charge is 0.493 e. The molecule has 0 radical (unpaired) electrons. The van der Waals surface area contributed by atoms with Crippen LogP contribution in [0.2, 0.25) is 0 Å². The summed E-state index contributed by atoms with van der Waals surface area (Å²) in [5.41, 5.74) is 1.01. The Morgan fingerprint density at radius 2 is 1.84 bits per heavy atom. The second-order valence-electron chi connectivity index (χ2n) is 6.20. The molecule has 0 spiro atoms. The van der Waals surface area contributed by atoms with E-state index < -0.39 is 0 Å². The minimum atomic E-state index is -0.371. The Hall–Kier alpha value is -3.44. The van der Waals surface area contributed by atoms with Crippen molar-refractivity contribution in [1.29, 1.82) is 0 Å². The van der Waals surface area contributed by atoms with Crippen LogP contribution >= 0.6 is 22.7 Å². The van der Waals surface area contributed by atoms with Crippen molar-refractivity contribution in [2.75, 3.05) is 26.6 Å². The van der Waals surface area contributed by atoms with Gasteiger partial charge in [-0.1, -0.05) is 22.6 Å². The maximum absolute atomic E-state index is 12.8. The second-order valence-corrected chi connectivity index (χ2v) is 8.15. The molecule has 160 valence electrons. The Morgan fingerprint density at radius 1 is 1.10 bits per heavy atom. The van der Waals surface area contributed by atoms with Gasteiger partial charge in [-0.15, -0.1) is 11.3 Å². The molecule has 1 amide bonds. The summed E-state index contributed by atoms with van der Waals surface area (Å²) in [6, 6.07) is 6.99. The monoisotopic (exact) mass is 458 g/mol. The van der Waals surface area contributed by atoms with Crippen LogP contribution in [0.5, 0.6) is 17.2 Å². The topological polar surface area (TPSA) is 109 Å². The quantitative estimate of drug-likeness (QED) is 0.431. The highest BCUT2D eigenvalue weighted by molar-refractivity contribution is 7.19. The molecular weight excluding hydrogens is 440 g/mol. The van der Waals surface area contributed by atoms with E-state index in [1.807, 2.05) is 24.4 Å². The summed E-state index contributed by atoms with van der Waals surface area (Å²) in [5, 5.41) is 9.17. The second kappa shape index (κ2) is 8.74. The summed E-state index contributed by atoms with van der Waals surface area (Å²) in [7, 11) is 4.48. The number of hydrogen-bond acceptors (Lipinski definition) is 10. The number of benzene rings is 1. The molecule has 0 aliphatic rings. The molecule has 0 saturated heterocycles. The van der Waals surface area contributed by atoms with Gasteiger partial charge in [-0.3, -0.25) is 10.1 Å². The van der Waals surface area contributed by atoms with Crippen molar-refractivity contribution in [2.24, 2.45) is 0 Å². The van der Waals surface area contributed by atoms with Gasteiger partial charge in [-0.05, 0) is 30.5 Å². The fourth-order valence-electron chi connectivity index (χ4n) is 2.85. The first-order valence-electron chi connectivity index (χ1n) is 9.00. The van der Waals surface area contributed by atoms with E-state index in [1.165, 1.54) is 44.0 Å². The molecule has 0 bridgehead atoms. The molecule has 11 heteroatoms. The lowest BCUT2D eigenvalue weighted by molar-refractivity contribution is 0.102. The highest BCUT2D eigenvalue weighted by atomic mass is 32.1. The summed E-state index contributed by atoms with van der Waals surface area (Å²) in [6.45, 7) is 1.82. The highest BCUT2D eigenvalue weighted by Gasteiger charge is 2.21. The number of methoxy groups -OCH3 is 3. The Labute approximate surface area is 185 Å². The van der Waals surface area contributed by atoms with Gasteiger partial charge in [0.1, 0.15) is 4.88 Å². The fraction of sp³-hybridized carbons (Fsp3) is 0.200.